The van der Waals surface area contributed by atoms with Crippen LogP contribution in [0.15, 0.2) is 91.0 Å². The van der Waals surface area contributed by atoms with Gasteiger partial charge >= 0.3 is 0 Å². The van der Waals surface area contributed by atoms with E-state index in [1.807, 2.05) is 0 Å². The Balaban J connectivity index is 2.09. The van der Waals surface area contributed by atoms with Gasteiger partial charge in [0.1, 0.15) is 0 Å². The van der Waals surface area contributed by atoms with Crippen LogP contribution in [0, 0.1) is 0 Å². The quantitative estimate of drug-likeness (QED) is 0.699. The van der Waals surface area contributed by atoms with Crippen molar-refractivity contribution in [3.63, 3.8) is 0 Å². The summed E-state index contributed by atoms with van der Waals surface area (Å²) in [4.78, 5) is 0. The smallest absolute Gasteiger partial charge is 0.0340 e. The zero-order chi connectivity index (χ0) is 13.1. The average Bonchev–Trinajstić information content (AvgIpc) is 2.49. The highest BCUT2D eigenvalue weighted by Crippen LogP contribution is 2.39. The van der Waals surface area contributed by atoms with E-state index in [2.05, 4.69) is 85.5 Å². The van der Waals surface area contributed by atoms with Crippen LogP contribution < -0.4 is 0 Å². The van der Waals surface area contributed by atoms with Gasteiger partial charge in [0.2, 0.25) is 0 Å². The minimum absolute atomic E-state index is 0.258. The zero-order valence-electron chi connectivity index (χ0n) is 10.8. The molecule has 0 nitrogen and oxygen atoms in total. The highest BCUT2D eigenvalue weighted by molar-refractivity contribution is 5.78. The lowest BCUT2D eigenvalue weighted by molar-refractivity contribution is 1.04. The van der Waals surface area contributed by atoms with Gasteiger partial charge in [0.25, 0.3) is 0 Å². The molecule has 0 bridgehead atoms. The second-order valence-electron chi connectivity index (χ2n) is 4.77. The molecule has 0 aromatic heterocycles. The summed E-state index contributed by atoms with van der Waals surface area (Å²) in [6.45, 7) is 4.22. The molecule has 0 aliphatic heterocycles. The van der Waals surface area contributed by atoms with Gasteiger partial charge in [-0.15, -0.1) is 0 Å². The van der Waals surface area contributed by atoms with Crippen LogP contribution in [-0.2, 0) is 0 Å². The maximum Gasteiger partial charge on any atom is 0.0340 e. The van der Waals surface area contributed by atoms with Gasteiger partial charge < -0.3 is 0 Å². The molecule has 3 rings (SSSR count). The Morgan fingerprint density at radius 3 is 2.11 bits per heavy atom. The van der Waals surface area contributed by atoms with E-state index in [9.17, 15) is 0 Å². The molecule has 19 heavy (non-hydrogen) atoms. The van der Waals surface area contributed by atoms with Crippen molar-refractivity contribution in [3.8, 4) is 0 Å². The Bertz CT molecular complexity index is 630. The number of hydrogen-bond acceptors (Lipinski definition) is 0. The Labute approximate surface area is 114 Å². The van der Waals surface area contributed by atoms with Crippen molar-refractivity contribution in [3.05, 3.63) is 102 Å². The Morgan fingerprint density at radius 1 is 0.789 bits per heavy atom. The molecular formula is C19H16. The van der Waals surface area contributed by atoms with Crippen molar-refractivity contribution in [1.82, 2.24) is 0 Å². The number of hydrogen-bond donors (Lipinski definition) is 0. The molecule has 0 fully saturated rings. The van der Waals surface area contributed by atoms with Crippen LogP contribution in [0.2, 0.25) is 0 Å². The highest BCUT2D eigenvalue weighted by Gasteiger charge is 2.21. The van der Waals surface area contributed by atoms with E-state index in [-0.39, 0.29) is 5.92 Å². The third-order valence-electron chi connectivity index (χ3n) is 3.51. The van der Waals surface area contributed by atoms with Gasteiger partial charge in [0.15, 0.2) is 0 Å². The summed E-state index contributed by atoms with van der Waals surface area (Å²) in [5.41, 5.74) is 5.03. The molecule has 0 saturated carbocycles. The van der Waals surface area contributed by atoms with Crippen LogP contribution in [0.1, 0.15) is 17.0 Å². The minimum atomic E-state index is 0.258. The van der Waals surface area contributed by atoms with Gasteiger partial charge in [-0.3, -0.25) is 0 Å². The lowest BCUT2D eigenvalue weighted by Crippen LogP contribution is -2.06. The van der Waals surface area contributed by atoms with Gasteiger partial charge in [0.05, 0.1) is 0 Å². The summed E-state index contributed by atoms with van der Waals surface area (Å²) < 4.78 is 0. The molecule has 0 saturated heterocycles. The lowest BCUT2D eigenvalue weighted by atomic mass is 9.79. The fraction of sp³-hybridized carbons (Fsp3) is 0.0526. The van der Waals surface area contributed by atoms with Gasteiger partial charge in [-0.25, -0.2) is 0 Å². The standard InChI is InChI=1S/C19H16/c1-15-9-8-14-18(16-10-4-2-5-11-16)19(15)17-12-6-3-7-13-17/h2-14,19H,1H2. The molecule has 92 valence electrons. The largest absolute Gasteiger partial charge is 0.0949 e. The highest BCUT2D eigenvalue weighted by atomic mass is 14.2. The molecule has 0 radical (unpaired) electrons. The molecule has 1 unspecified atom stereocenters. The fourth-order valence-electron chi connectivity index (χ4n) is 2.60. The molecule has 1 aliphatic rings. The van der Waals surface area contributed by atoms with Crippen LogP contribution in [0.5, 0.6) is 0 Å². The van der Waals surface area contributed by atoms with Crippen LogP contribution in [-0.4, -0.2) is 0 Å². The summed E-state index contributed by atoms with van der Waals surface area (Å²) in [6, 6.07) is 21.1. The molecule has 0 N–H and O–H groups in total. The first-order valence-corrected chi connectivity index (χ1v) is 6.53. The third kappa shape index (κ3) is 2.30. The van der Waals surface area contributed by atoms with Crippen molar-refractivity contribution in [2.45, 2.75) is 5.92 Å². The molecule has 0 heterocycles. The maximum absolute atomic E-state index is 4.22. The molecule has 0 spiro atoms. The normalized spacial score (nSPS) is 18.2. The van der Waals surface area contributed by atoms with Crippen LogP contribution >= 0.6 is 0 Å². The Morgan fingerprint density at radius 2 is 1.42 bits per heavy atom. The topological polar surface area (TPSA) is 0 Å². The zero-order valence-corrected chi connectivity index (χ0v) is 10.8. The van der Waals surface area contributed by atoms with Crippen LogP contribution in [0.4, 0.5) is 0 Å². The van der Waals surface area contributed by atoms with E-state index in [0.717, 1.165) is 5.57 Å². The summed E-state index contributed by atoms with van der Waals surface area (Å²) in [7, 11) is 0. The molecule has 0 amide bonds. The second kappa shape index (κ2) is 5.11. The average molecular weight is 244 g/mol. The second-order valence-corrected chi connectivity index (χ2v) is 4.77. The van der Waals surface area contributed by atoms with E-state index in [0.29, 0.717) is 0 Å². The first-order chi connectivity index (χ1) is 9.36. The summed E-state index contributed by atoms with van der Waals surface area (Å²) in [5, 5.41) is 0. The van der Waals surface area contributed by atoms with E-state index in [1.54, 1.807) is 0 Å². The third-order valence-corrected chi connectivity index (χ3v) is 3.51. The van der Waals surface area contributed by atoms with Crippen LogP contribution in [0.3, 0.4) is 0 Å². The Kier molecular flexibility index (Phi) is 3.16. The van der Waals surface area contributed by atoms with Gasteiger partial charge in [0, 0.05) is 5.92 Å². The molecular weight excluding hydrogens is 228 g/mol. The molecule has 2 aromatic carbocycles. The molecule has 0 heteroatoms. The number of benzene rings is 2. The Hall–Kier alpha value is -2.34. The van der Waals surface area contributed by atoms with Crippen molar-refractivity contribution >= 4 is 5.57 Å². The predicted octanol–water partition coefficient (Wildman–Crippen LogP) is 4.98. The minimum Gasteiger partial charge on any atom is -0.0949 e. The maximum atomic E-state index is 4.22. The van der Waals surface area contributed by atoms with Crippen molar-refractivity contribution < 1.29 is 0 Å². The predicted molar refractivity (Wildman–Crippen MR) is 81.9 cm³/mol. The summed E-state index contributed by atoms with van der Waals surface area (Å²) in [6.07, 6.45) is 6.38. The lowest BCUT2D eigenvalue weighted by Gasteiger charge is -2.24. The summed E-state index contributed by atoms with van der Waals surface area (Å²) in [5.74, 6) is 0.258. The van der Waals surface area contributed by atoms with E-state index in [4.69, 9.17) is 0 Å². The van der Waals surface area contributed by atoms with Gasteiger partial charge in [-0.2, -0.15) is 0 Å². The van der Waals surface area contributed by atoms with Crippen molar-refractivity contribution in [1.29, 1.82) is 0 Å². The first kappa shape index (κ1) is 11.7. The SMILES string of the molecule is C=C1C=CC=C(c2ccccc2)C1c1ccccc1. The van der Waals surface area contributed by atoms with Gasteiger partial charge in [-0.1, -0.05) is 85.5 Å². The van der Waals surface area contributed by atoms with Gasteiger partial charge in [-0.05, 0) is 22.3 Å². The van der Waals surface area contributed by atoms with E-state index < -0.39 is 0 Å². The number of rotatable bonds is 2. The van der Waals surface area contributed by atoms with Crippen molar-refractivity contribution in [2.24, 2.45) is 0 Å². The van der Waals surface area contributed by atoms with E-state index in [1.165, 1.54) is 16.7 Å². The van der Waals surface area contributed by atoms with Crippen molar-refractivity contribution in [2.75, 3.05) is 0 Å². The molecule has 1 aliphatic carbocycles. The number of allylic oxidation sites excluding steroid dienone is 5. The molecule has 1 atom stereocenters. The monoisotopic (exact) mass is 244 g/mol. The van der Waals surface area contributed by atoms with Crippen LogP contribution in [0.25, 0.3) is 5.57 Å². The first-order valence-electron chi connectivity index (χ1n) is 6.53. The van der Waals surface area contributed by atoms with E-state index >= 15 is 0 Å². The molecule has 2 aromatic rings. The summed E-state index contributed by atoms with van der Waals surface area (Å²) >= 11 is 0. The fourth-order valence-corrected chi connectivity index (χ4v) is 2.60.